The zero-order valence-electron chi connectivity index (χ0n) is 19.1. The Morgan fingerprint density at radius 2 is 1.83 bits per heavy atom. The summed E-state index contributed by atoms with van der Waals surface area (Å²) in [6.45, 7) is 0. The molecule has 0 saturated heterocycles. The van der Waals surface area contributed by atoms with Crippen molar-refractivity contribution in [3.8, 4) is 5.75 Å². The molecule has 1 heterocycles. The highest BCUT2D eigenvalue weighted by Gasteiger charge is 2.35. The summed E-state index contributed by atoms with van der Waals surface area (Å²) >= 11 is 11.5. The molecule has 4 aromatic carbocycles. The number of methoxy groups -OCH3 is 1. The van der Waals surface area contributed by atoms with E-state index in [4.69, 9.17) is 27.2 Å². The number of amides is 1. The Morgan fingerprint density at radius 1 is 1.08 bits per heavy atom. The summed E-state index contributed by atoms with van der Waals surface area (Å²) in [4.78, 5) is 17.5. The second kappa shape index (κ2) is 10.3. The van der Waals surface area contributed by atoms with E-state index in [-0.39, 0.29) is 5.96 Å². The van der Waals surface area contributed by atoms with Crippen LogP contribution in [0.1, 0.15) is 26.9 Å². The fourth-order valence-corrected chi connectivity index (χ4v) is 5.85. The number of thioether (sulfide) groups is 1. The first-order chi connectivity index (χ1) is 17.5. The van der Waals surface area contributed by atoms with E-state index in [0.717, 1.165) is 26.4 Å². The van der Waals surface area contributed by atoms with Crippen molar-refractivity contribution < 1.29 is 9.53 Å². The number of benzene rings is 4. The number of halogens is 2. The number of carbonyl (C=O) groups excluding carboxylic acids is 1. The van der Waals surface area contributed by atoms with Gasteiger partial charge in [0.15, 0.2) is 0 Å². The zero-order valence-corrected chi connectivity index (χ0v) is 22.2. The second-order valence-corrected chi connectivity index (χ2v) is 10.3. The van der Waals surface area contributed by atoms with Crippen LogP contribution in [-0.4, -0.2) is 29.0 Å². The third-order valence-electron chi connectivity index (χ3n) is 5.68. The van der Waals surface area contributed by atoms with Gasteiger partial charge in [-0.15, -0.1) is 0 Å². The van der Waals surface area contributed by atoms with E-state index in [1.54, 1.807) is 13.2 Å². The van der Waals surface area contributed by atoms with Crippen molar-refractivity contribution in [3.05, 3.63) is 111 Å². The maximum absolute atomic E-state index is 13.2. The van der Waals surface area contributed by atoms with Gasteiger partial charge in [0.2, 0.25) is 5.96 Å². The molecule has 0 saturated carbocycles. The van der Waals surface area contributed by atoms with Gasteiger partial charge in [0.25, 0.3) is 5.91 Å². The molecular formula is C27H20BrClN4O2S. The molecule has 0 aliphatic carbocycles. The Labute approximate surface area is 225 Å². The molecule has 0 radical (unpaired) electrons. The van der Waals surface area contributed by atoms with Crippen LogP contribution in [0.4, 0.5) is 0 Å². The summed E-state index contributed by atoms with van der Waals surface area (Å²) in [5.74, 6) is 0.178. The molecule has 2 N–H and O–H groups in total. The number of nitrogens with zero attached hydrogens (tertiary/aromatic N) is 3. The number of rotatable bonds is 4. The van der Waals surface area contributed by atoms with E-state index in [2.05, 4.69) is 20.9 Å². The number of nitrogens with two attached hydrogens (primary N) is 1. The summed E-state index contributed by atoms with van der Waals surface area (Å²) in [5.41, 5.74) is 8.48. The molecule has 6 nitrogen and oxygen atoms in total. The number of carbonyl (C=O) groups is 1. The molecule has 0 bridgehead atoms. The Bertz CT molecular complexity index is 1540. The first-order valence-corrected chi connectivity index (χ1v) is 13.0. The van der Waals surface area contributed by atoms with Crippen molar-refractivity contribution in [2.75, 3.05) is 7.11 Å². The van der Waals surface area contributed by atoms with Crippen LogP contribution in [0.5, 0.6) is 5.75 Å². The van der Waals surface area contributed by atoms with Crippen molar-refractivity contribution in [2.24, 2.45) is 15.8 Å². The van der Waals surface area contributed by atoms with E-state index in [0.29, 0.717) is 21.4 Å². The van der Waals surface area contributed by atoms with Crippen molar-refractivity contribution in [2.45, 2.75) is 5.37 Å². The molecule has 4 aromatic rings. The Balaban J connectivity index is 1.58. The lowest BCUT2D eigenvalue weighted by atomic mass is 10.0. The van der Waals surface area contributed by atoms with Gasteiger partial charge in [0.1, 0.15) is 16.2 Å². The van der Waals surface area contributed by atoms with E-state index in [9.17, 15) is 4.79 Å². The van der Waals surface area contributed by atoms with Gasteiger partial charge in [-0.3, -0.25) is 4.79 Å². The number of hydrogen-bond donors (Lipinski definition) is 1. The van der Waals surface area contributed by atoms with Crippen LogP contribution in [0.25, 0.3) is 10.8 Å². The van der Waals surface area contributed by atoms with Crippen LogP contribution in [0, 0.1) is 0 Å². The molecule has 1 atom stereocenters. The average Bonchev–Trinajstić information content (AvgIpc) is 3.34. The van der Waals surface area contributed by atoms with E-state index in [1.165, 1.54) is 16.8 Å². The number of aliphatic imine (C=N–C) groups is 1. The fourth-order valence-electron chi connectivity index (χ4n) is 3.96. The fraction of sp³-hybridized carbons (Fsp3) is 0.0741. The van der Waals surface area contributed by atoms with Crippen LogP contribution in [0.3, 0.4) is 0 Å². The Kier molecular flexibility index (Phi) is 7.00. The van der Waals surface area contributed by atoms with E-state index >= 15 is 0 Å². The van der Waals surface area contributed by atoms with Crippen molar-refractivity contribution in [1.29, 1.82) is 0 Å². The highest BCUT2D eigenvalue weighted by molar-refractivity contribution is 9.10. The van der Waals surface area contributed by atoms with Crippen LogP contribution >= 0.6 is 39.3 Å². The number of ether oxygens (including phenoxy) is 1. The molecule has 0 unspecified atom stereocenters. The van der Waals surface area contributed by atoms with Gasteiger partial charge < -0.3 is 10.5 Å². The predicted molar refractivity (Wildman–Crippen MR) is 151 cm³/mol. The van der Waals surface area contributed by atoms with Crippen molar-refractivity contribution >= 4 is 67.0 Å². The molecule has 0 spiro atoms. The molecule has 9 heteroatoms. The molecule has 1 aliphatic heterocycles. The molecule has 1 amide bonds. The predicted octanol–water partition coefficient (Wildman–Crippen LogP) is 6.83. The lowest BCUT2D eigenvalue weighted by Crippen LogP contribution is -2.34. The number of fused-ring (bicyclic) bond motifs is 1. The maximum atomic E-state index is 13.2. The van der Waals surface area contributed by atoms with E-state index < -0.39 is 11.3 Å². The zero-order chi connectivity index (χ0) is 25.2. The first kappa shape index (κ1) is 24.4. The van der Waals surface area contributed by atoms with Gasteiger partial charge in [0.05, 0.1) is 12.7 Å². The minimum absolute atomic E-state index is 0.0330. The summed E-state index contributed by atoms with van der Waals surface area (Å²) in [6, 6.07) is 26.3. The van der Waals surface area contributed by atoms with Crippen LogP contribution < -0.4 is 10.5 Å². The monoisotopic (exact) mass is 578 g/mol. The number of guanidine groups is 1. The molecule has 36 heavy (non-hydrogen) atoms. The summed E-state index contributed by atoms with van der Waals surface area (Å²) in [6.07, 6.45) is 0. The SMILES string of the molecule is COc1ccc(Br)cc1C1=NN(C(N)=NC(=O)c2cccc3ccccc23)[C@H](c2ccccc2Cl)S1. The topological polar surface area (TPSA) is 80.3 Å². The number of hydrogen-bond acceptors (Lipinski definition) is 4. The largest absolute Gasteiger partial charge is 0.496 e. The average molecular weight is 580 g/mol. The van der Waals surface area contributed by atoms with Gasteiger partial charge >= 0.3 is 0 Å². The third-order valence-corrected chi connectivity index (χ3v) is 7.72. The summed E-state index contributed by atoms with van der Waals surface area (Å²) in [7, 11) is 1.61. The quantitative estimate of drug-likeness (QED) is 0.212. The smallest absolute Gasteiger partial charge is 0.280 e. The van der Waals surface area contributed by atoms with E-state index in [1.807, 2.05) is 78.9 Å². The number of hydrazone groups is 1. The molecule has 0 aromatic heterocycles. The minimum Gasteiger partial charge on any atom is -0.496 e. The minimum atomic E-state index is -0.448. The summed E-state index contributed by atoms with van der Waals surface area (Å²) < 4.78 is 6.44. The lowest BCUT2D eigenvalue weighted by Gasteiger charge is -2.22. The third kappa shape index (κ3) is 4.72. The van der Waals surface area contributed by atoms with Crippen molar-refractivity contribution in [3.63, 3.8) is 0 Å². The van der Waals surface area contributed by atoms with Gasteiger partial charge in [-0.1, -0.05) is 93.9 Å². The van der Waals surface area contributed by atoms with Crippen LogP contribution in [0.2, 0.25) is 5.02 Å². The van der Waals surface area contributed by atoms with Gasteiger partial charge in [-0.25, -0.2) is 5.01 Å². The van der Waals surface area contributed by atoms with Gasteiger partial charge in [0, 0.05) is 20.6 Å². The molecule has 5 rings (SSSR count). The first-order valence-electron chi connectivity index (χ1n) is 11.0. The van der Waals surface area contributed by atoms with Crippen LogP contribution in [-0.2, 0) is 0 Å². The second-order valence-electron chi connectivity index (χ2n) is 7.89. The molecule has 0 fully saturated rings. The summed E-state index contributed by atoms with van der Waals surface area (Å²) in [5, 5.41) is 8.84. The Morgan fingerprint density at radius 3 is 2.64 bits per heavy atom. The standard InChI is InChI=1S/C27H20BrClN4O2S/c1-35-23-14-13-17(28)15-21(23)25-32-33(26(36-25)20-10-4-5-12-22(20)29)27(30)31-24(34)19-11-6-8-16-7-2-3-9-18(16)19/h2-15,26H,1H3,(H2,30,31,34)/t26-/m0/s1. The molecule has 1 aliphatic rings. The maximum Gasteiger partial charge on any atom is 0.280 e. The molecule has 180 valence electrons. The normalized spacial score (nSPS) is 15.8. The van der Waals surface area contributed by atoms with Crippen molar-refractivity contribution in [1.82, 2.24) is 5.01 Å². The highest BCUT2D eigenvalue weighted by atomic mass is 79.9. The Hall–Kier alpha value is -3.33. The molecular weight excluding hydrogens is 560 g/mol. The van der Waals surface area contributed by atoms with Crippen LogP contribution in [0.15, 0.2) is 99.5 Å². The van der Waals surface area contributed by atoms with Gasteiger partial charge in [-0.2, -0.15) is 10.1 Å². The highest BCUT2D eigenvalue weighted by Crippen LogP contribution is 2.45. The lowest BCUT2D eigenvalue weighted by molar-refractivity contribution is 0.100. The van der Waals surface area contributed by atoms with Gasteiger partial charge in [-0.05, 0) is 41.1 Å².